The Balaban J connectivity index is 1.66. The van der Waals surface area contributed by atoms with Crippen LogP contribution in [0.1, 0.15) is 45.4 Å². The molecule has 0 amide bonds. The number of nitrogens with zero attached hydrogens (tertiary/aromatic N) is 1. The first-order valence-corrected chi connectivity index (χ1v) is 7.30. The molecule has 3 rings (SSSR count). The van der Waals surface area contributed by atoms with Crippen LogP contribution in [0.4, 0.5) is 0 Å². The summed E-state index contributed by atoms with van der Waals surface area (Å²) >= 11 is 0. The fourth-order valence-corrected chi connectivity index (χ4v) is 3.72. The second-order valence-corrected chi connectivity index (χ2v) is 6.56. The molecule has 3 fully saturated rings. The van der Waals surface area contributed by atoms with Crippen LogP contribution >= 0.6 is 0 Å². The van der Waals surface area contributed by atoms with Gasteiger partial charge in [0.05, 0.1) is 12.2 Å². The fraction of sp³-hybridized carbons (Fsp3) is 1.00. The first-order chi connectivity index (χ1) is 8.19. The Morgan fingerprint density at radius 1 is 1.18 bits per heavy atom. The molecule has 2 N–H and O–H groups in total. The molecule has 2 aliphatic heterocycles. The molecule has 3 aliphatic rings. The second kappa shape index (κ2) is 4.52. The summed E-state index contributed by atoms with van der Waals surface area (Å²) in [6.45, 7) is 5.38. The third-order valence-electron chi connectivity index (χ3n) is 5.20. The highest BCUT2D eigenvalue weighted by Gasteiger charge is 2.42. The Hall–Kier alpha value is -0.120. The van der Waals surface area contributed by atoms with Crippen molar-refractivity contribution in [1.29, 1.82) is 0 Å². The lowest BCUT2D eigenvalue weighted by atomic mass is 9.75. The molecule has 2 heterocycles. The van der Waals surface area contributed by atoms with Crippen LogP contribution in [0.3, 0.4) is 0 Å². The van der Waals surface area contributed by atoms with Gasteiger partial charge in [-0.2, -0.15) is 0 Å². The molecule has 2 bridgehead atoms. The first kappa shape index (κ1) is 11.9. The Morgan fingerprint density at radius 2 is 1.82 bits per heavy atom. The lowest BCUT2D eigenvalue weighted by Crippen LogP contribution is -2.58. The van der Waals surface area contributed by atoms with E-state index in [0.29, 0.717) is 12.2 Å². The van der Waals surface area contributed by atoms with Crippen molar-refractivity contribution in [3.63, 3.8) is 0 Å². The van der Waals surface area contributed by atoms with Crippen molar-refractivity contribution in [1.82, 2.24) is 4.90 Å². The number of morpholine rings is 1. The minimum Gasteiger partial charge on any atom is -0.372 e. The van der Waals surface area contributed by atoms with E-state index in [2.05, 4.69) is 11.8 Å². The van der Waals surface area contributed by atoms with E-state index in [1.165, 1.54) is 38.5 Å². The Labute approximate surface area is 105 Å². The number of rotatable bonds is 4. The van der Waals surface area contributed by atoms with Crippen LogP contribution in [-0.4, -0.2) is 42.3 Å². The summed E-state index contributed by atoms with van der Waals surface area (Å²) in [7, 11) is 0. The van der Waals surface area contributed by atoms with E-state index in [0.717, 1.165) is 25.6 Å². The minimum atomic E-state index is 0.218. The topological polar surface area (TPSA) is 38.5 Å². The van der Waals surface area contributed by atoms with Crippen LogP contribution in [0.15, 0.2) is 0 Å². The standard InChI is InChI=1S/C14H26N2O/c1-14(10-15,7-11-3-2-4-11)16-8-12-5-6-13(9-16)17-12/h11-13H,2-10,15H2,1H3. The quantitative estimate of drug-likeness (QED) is 0.811. The summed E-state index contributed by atoms with van der Waals surface area (Å²) in [6, 6.07) is 0. The van der Waals surface area contributed by atoms with Gasteiger partial charge in [-0.3, -0.25) is 4.90 Å². The highest BCUT2D eigenvalue weighted by atomic mass is 16.5. The van der Waals surface area contributed by atoms with Gasteiger partial charge < -0.3 is 10.5 Å². The molecule has 1 saturated carbocycles. The van der Waals surface area contributed by atoms with Crippen LogP contribution in [-0.2, 0) is 4.74 Å². The average Bonchev–Trinajstić information content (AvgIpc) is 2.62. The molecule has 17 heavy (non-hydrogen) atoms. The molecular formula is C14H26N2O. The summed E-state index contributed by atoms with van der Waals surface area (Å²) in [5, 5.41) is 0. The van der Waals surface area contributed by atoms with Crippen molar-refractivity contribution >= 4 is 0 Å². The lowest BCUT2D eigenvalue weighted by molar-refractivity contribution is -0.0796. The van der Waals surface area contributed by atoms with Gasteiger partial charge in [-0.05, 0) is 32.1 Å². The molecule has 3 atom stereocenters. The van der Waals surface area contributed by atoms with Crippen LogP contribution in [0.5, 0.6) is 0 Å². The van der Waals surface area contributed by atoms with E-state index in [1.807, 2.05) is 0 Å². The summed E-state index contributed by atoms with van der Waals surface area (Å²) in [5.41, 5.74) is 6.31. The van der Waals surface area contributed by atoms with Gasteiger partial charge in [-0.25, -0.2) is 0 Å². The van der Waals surface area contributed by atoms with Gasteiger partial charge in [0.15, 0.2) is 0 Å². The molecule has 3 unspecified atom stereocenters. The smallest absolute Gasteiger partial charge is 0.0707 e. The number of nitrogens with two attached hydrogens (primary N) is 1. The summed E-state index contributed by atoms with van der Waals surface area (Å²) in [4.78, 5) is 2.64. The molecule has 98 valence electrons. The van der Waals surface area contributed by atoms with Gasteiger partial charge in [0.25, 0.3) is 0 Å². The van der Waals surface area contributed by atoms with E-state index in [-0.39, 0.29) is 5.54 Å². The highest BCUT2D eigenvalue weighted by molar-refractivity contribution is 4.97. The van der Waals surface area contributed by atoms with E-state index in [1.54, 1.807) is 0 Å². The summed E-state index contributed by atoms with van der Waals surface area (Å²) in [6.07, 6.45) is 9.06. The minimum absolute atomic E-state index is 0.218. The number of ether oxygens (including phenoxy) is 1. The zero-order valence-electron chi connectivity index (χ0n) is 11.0. The molecule has 2 saturated heterocycles. The molecule has 0 aromatic carbocycles. The van der Waals surface area contributed by atoms with Crippen molar-refractivity contribution in [2.24, 2.45) is 11.7 Å². The van der Waals surface area contributed by atoms with E-state index >= 15 is 0 Å². The van der Waals surface area contributed by atoms with Gasteiger partial charge in [0.2, 0.25) is 0 Å². The average molecular weight is 238 g/mol. The third-order valence-corrected chi connectivity index (χ3v) is 5.20. The highest BCUT2D eigenvalue weighted by Crippen LogP contribution is 2.38. The zero-order chi connectivity index (χ0) is 11.9. The van der Waals surface area contributed by atoms with Crippen LogP contribution < -0.4 is 5.73 Å². The van der Waals surface area contributed by atoms with Crippen molar-refractivity contribution in [3.05, 3.63) is 0 Å². The lowest BCUT2D eigenvalue weighted by Gasteiger charge is -2.47. The molecule has 1 aliphatic carbocycles. The van der Waals surface area contributed by atoms with Gasteiger partial charge in [0.1, 0.15) is 0 Å². The van der Waals surface area contributed by atoms with Crippen molar-refractivity contribution in [2.45, 2.75) is 63.2 Å². The number of hydrogen-bond acceptors (Lipinski definition) is 3. The second-order valence-electron chi connectivity index (χ2n) is 6.56. The summed E-state index contributed by atoms with van der Waals surface area (Å²) < 4.78 is 5.93. The molecule has 3 nitrogen and oxygen atoms in total. The first-order valence-electron chi connectivity index (χ1n) is 7.30. The van der Waals surface area contributed by atoms with E-state index in [9.17, 15) is 0 Å². The normalized spacial score (nSPS) is 37.8. The molecule has 0 radical (unpaired) electrons. The van der Waals surface area contributed by atoms with E-state index < -0.39 is 0 Å². The fourth-order valence-electron chi connectivity index (χ4n) is 3.72. The molecule has 0 spiro atoms. The zero-order valence-corrected chi connectivity index (χ0v) is 11.0. The predicted molar refractivity (Wildman–Crippen MR) is 68.9 cm³/mol. The van der Waals surface area contributed by atoms with Gasteiger partial charge in [0, 0.05) is 25.2 Å². The monoisotopic (exact) mass is 238 g/mol. The maximum absolute atomic E-state index is 6.09. The maximum atomic E-state index is 6.09. The summed E-state index contributed by atoms with van der Waals surface area (Å²) in [5.74, 6) is 0.934. The SMILES string of the molecule is CC(CN)(CC1CCC1)N1CC2CCC(C1)O2. The Kier molecular flexibility index (Phi) is 3.18. The van der Waals surface area contributed by atoms with E-state index in [4.69, 9.17) is 10.5 Å². The van der Waals surface area contributed by atoms with Crippen LogP contribution in [0.25, 0.3) is 0 Å². The Bertz CT molecular complexity index is 267. The molecule has 0 aromatic heterocycles. The van der Waals surface area contributed by atoms with Crippen LogP contribution in [0.2, 0.25) is 0 Å². The van der Waals surface area contributed by atoms with Gasteiger partial charge >= 0.3 is 0 Å². The van der Waals surface area contributed by atoms with Gasteiger partial charge in [-0.1, -0.05) is 19.3 Å². The van der Waals surface area contributed by atoms with Crippen molar-refractivity contribution in [2.75, 3.05) is 19.6 Å². The third kappa shape index (κ3) is 2.25. The van der Waals surface area contributed by atoms with Gasteiger partial charge in [-0.15, -0.1) is 0 Å². The van der Waals surface area contributed by atoms with Crippen LogP contribution in [0, 0.1) is 5.92 Å². The number of likely N-dealkylation sites (tertiary alicyclic amines) is 1. The number of hydrogen-bond donors (Lipinski definition) is 1. The number of fused-ring (bicyclic) bond motifs is 2. The van der Waals surface area contributed by atoms with Crippen molar-refractivity contribution < 1.29 is 4.74 Å². The molecular weight excluding hydrogens is 212 g/mol. The molecule has 0 aromatic rings. The predicted octanol–water partition coefficient (Wildman–Crippen LogP) is 1.76. The maximum Gasteiger partial charge on any atom is 0.0707 e. The largest absolute Gasteiger partial charge is 0.372 e. The Morgan fingerprint density at radius 3 is 2.29 bits per heavy atom. The molecule has 3 heteroatoms. The van der Waals surface area contributed by atoms with Crippen molar-refractivity contribution in [3.8, 4) is 0 Å².